The number of hydrogen-bond donors (Lipinski definition) is 1. The minimum Gasteiger partial charge on any atom is -0.497 e. The Bertz CT molecular complexity index is 1290. The number of carbonyl (C=O) groups excluding carboxylic acids is 1. The molecule has 1 atom stereocenters. The third-order valence-electron chi connectivity index (χ3n) is 6.30. The number of nitrogens with one attached hydrogen (secondary N) is 1. The maximum absolute atomic E-state index is 13.5. The lowest BCUT2D eigenvalue weighted by molar-refractivity contribution is -0.120. The number of ether oxygens (including phenoxy) is 1. The standard InChI is InChI=1S/C27H29FN2O4S/c1-19(21-8-7-20-5-3-4-6-22(20)17-21)29-27(31)18-30(24-11-9-23(28)10-12-24)35(32,33)26-15-13-25(34-2)14-16-26/h7-17,19H,3-6,18H2,1-2H3,(H,29,31). The molecule has 1 aliphatic rings. The van der Waals surface area contributed by atoms with E-state index in [1.54, 1.807) is 0 Å². The highest BCUT2D eigenvalue weighted by Crippen LogP contribution is 2.27. The normalized spacial score (nSPS) is 14.0. The van der Waals surface area contributed by atoms with Crippen LogP contribution in [0.4, 0.5) is 10.1 Å². The Morgan fingerprint density at radius 3 is 2.31 bits per heavy atom. The smallest absolute Gasteiger partial charge is 0.264 e. The van der Waals surface area contributed by atoms with Gasteiger partial charge in [0.2, 0.25) is 5.91 Å². The molecule has 3 aromatic rings. The number of sulfonamides is 1. The predicted octanol–water partition coefficient (Wildman–Crippen LogP) is 4.79. The van der Waals surface area contributed by atoms with Gasteiger partial charge in [0.1, 0.15) is 18.1 Å². The van der Waals surface area contributed by atoms with Gasteiger partial charge in [-0.2, -0.15) is 0 Å². The third kappa shape index (κ3) is 5.65. The Labute approximate surface area is 205 Å². The van der Waals surface area contributed by atoms with E-state index in [0.29, 0.717) is 5.75 Å². The van der Waals surface area contributed by atoms with Crippen LogP contribution in [0.2, 0.25) is 0 Å². The van der Waals surface area contributed by atoms with Crippen molar-refractivity contribution in [3.05, 3.63) is 89.2 Å². The van der Waals surface area contributed by atoms with Crippen LogP contribution < -0.4 is 14.4 Å². The van der Waals surface area contributed by atoms with Crippen molar-refractivity contribution >= 4 is 21.6 Å². The van der Waals surface area contributed by atoms with Crippen molar-refractivity contribution in [3.8, 4) is 5.75 Å². The van der Waals surface area contributed by atoms with Gasteiger partial charge in [-0.1, -0.05) is 18.2 Å². The van der Waals surface area contributed by atoms with Gasteiger partial charge in [0, 0.05) is 0 Å². The first-order valence-electron chi connectivity index (χ1n) is 11.6. The number of hydrogen-bond acceptors (Lipinski definition) is 4. The molecule has 0 radical (unpaired) electrons. The summed E-state index contributed by atoms with van der Waals surface area (Å²) in [5, 5.41) is 2.92. The molecule has 0 fully saturated rings. The molecule has 0 saturated carbocycles. The number of aryl methyl sites for hydroxylation is 2. The SMILES string of the molecule is COc1ccc(S(=O)(=O)N(CC(=O)NC(C)c2ccc3c(c2)CCCC3)c2ccc(F)cc2)cc1. The number of rotatable bonds is 8. The molecule has 4 rings (SSSR count). The van der Waals surface area contributed by atoms with Gasteiger partial charge in [-0.25, -0.2) is 12.8 Å². The van der Waals surface area contributed by atoms with E-state index in [2.05, 4.69) is 17.4 Å². The van der Waals surface area contributed by atoms with Crippen LogP contribution in [0.5, 0.6) is 5.75 Å². The van der Waals surface area contributed by atoms with Gasteiger partial charge in [-0.3, -0.25) is 9.10 Å². The highest BCUT2D eigenvalue weighted by atomic mass is 32.2. The number of methoxy groups -OCH3 is 1. The van der Waals surface area contributed by atoms with E-state index in [1.807, 2.05) is 13.0 Å². The Hall–Kier alpha value is -3.39. The number of carbonyl (C=O) groups is 1. The first-order valence-corrected chi connectivity index (χ1v) is 13.1. The summed E-state index contributed by atoms with van der Waals surface area (Å²) in [6, 6.07) is 16.9. The monoisotopic (exact) mass is 496 g/mol. The van der Waals surface area contributed by atoms with Gasteiger partial charge >= 0.3 is 0 Å². The molecule has 1 aliphatic carbocycles. The van der Waals surface area contributed by atoms with Crippen LogP contribution in [-0.4, -0.2) is 28.0 Å². The molecule has 0 saturated heterocycles. The van der Waals surface area contributed by atoms with Crippen molar-refractivity contribution in [2.75, 3.05) is 18.0 Å². The first kappa shape index (κ1) is 24.7. The van der Waals surface area contributed by atoms with Gasteiger partial charge < -0.3 is 10.1 Å². The maximum Gasteiger partial charge on any atom is 0.264 e. The largest absolute Gasteiger partial charge is 0.497 e. The van der Waals surface area contributed by atoms with Gasteiger partial charge in [0.05, 0.1) is 23.7 Å². The summed E-state index contributed by atoms with van der Waals surface area (Å²) in [5.74, 6) is -0.452. The number of benzene rings is 3. The molecule has 0 bridgehead atoms. The molecule has 0 aromatic heterocycles. The van der Waals surface area contributed by atoms with Gasteiger partial charge in [-0.15, -0.1) is 0 Å². The van der Waals surface area contributed by atoms with Crippen molar-refractivity contribution in [3.63, 3.8) is 0 Å². The molecule has 3 aromatic carbocycles. The zero-order valence-electron chi connectivity index (χ0n) is 19.8. The molecule has 184 valence electrons. The Morgan fingerprint density at radius 1 is 1.00 bits per heavy atom. The summed E-state index contributed by atoms with van der Waals surface area (Å²) in [6.07, 6.45) is 4.46. The minimum absolute atomic E-state index is 0.00170. The topological polar surface area (TPSA) is 75.7 Å². The molecule has 35 heavy (non-hydrogen) atoms. The minimum atomic E-state index is -4.11. The number of amides is 1. The van der Waals surface area contributed by atoms with Crippen molar-refractivity contribution in [2.24, 2.45) is 0 Å². The molecule has 0 aliphatic heterocycles. The quantitative estimate of drug-likeness (QED) is 0.487. The average molecular weight is 497 g/mol. The highest BCUT2D eigenvalue weighted by molar-refractivity contribution is 7.92. The number of anilines is 1. The maximum atomic E-state index is 13.5. The molecule has 1 unspecified atom stereocenters. The summed E-state index contributed by atoms with van der Waals surface area (Å²) in [4.78, 5) is 13.0. The Kier molecular flexibility index (Phi) is 7.40. The van der Waals surface area contributed by atoms with E-state index < -0.39 is 28.3 Å². The number of halogens is 1. The second kappa shape index (κ2) is 10.5. The fraction of sp³-hybridized carbons (Fsp3) is 0.296. The van der Waals surface area contributed by atoms with E-state index in [4.69, 9.17) is 4.74 Å². The van der Waals surface area contributed by atoms with E-state index >= 15 is 0 Å². The van der Waals surface area contributed by atoms with Crippen molar-refractivity contribution in [2.45, 2.75) is 43.5 Å². The fourth-order valence-electron chi connectivity index (χ4n) is 4.32. The van der Waals surface area contributed by atoms with E-state index in [1.165, 1.54) is 73.2 Å². The molecule has 1 amide bonds. The molecule has 1 N–H and O–H groups in total. The number of nitrogens with zero attached hydrogens (tertiary/aromatic N) is 1. The molecule has 8 heteroatoms. The zero-order valence-corrected chi connectivity index (χ0v) is 20.6. The van der Waals surface area contributed by atoms with E-state index in [-0.39, 0.29) is 16.6 Å². The summed E-state index contributed by atoms with van der Waals surface area (Å²) in [5.41, 5.74) is 3.83. The van der Waals surface area contributed by atoms with Crippen LogP contribution >= 0.6 is 0 Å². The Morgan fingerprint density at radius 2 is 1.66 bits per heavy atom. The second-order valence-electron chi connectivity index (χ2n) is 8.69. The van der Waals surface area contributed by atoms with E-state index in [0.717, 1.165) is 29.1 Å². The van der Waals surface area contributed by atoms with Crippen LogP contribution in [0.25, 0.3) is 0 Å². The van der Waals surface area contributed by atoms with Crippen LogP contribution in [0.1, 0.15) is 42.5 Å². The van der Waals surface area contributed by atoms with Crippen molar-refractivity contribution in [1.29, 1.82) is 0 Å². The molecular formula is C27H29FN2O4S. The summed E-state index contributed by atoms with van der Waals surface area (Å²) in [6.45, 7) is 1.43. The third-order valence-corrected chi connectivity index (χ3v) is 8.09. The van der Waals surface area contributed by atoms with Crippen LogP contribution in [0.3, 0.4) is 0 Å². The molecular weight excluding hydrogens is 467 g/mol. The average Bonchev–Trinajstić information content (AvgIpc) is 2.87. The summed E-state index contributed by atoms with van der Waals surface area (Å²) in [7, 11) is -2.62. The Balaban J connectivity index is 1.56. The van der Waals surface area contributed by atoms with Crippen molar-refractivity contribution < 1.29 is 22.3 Å². The molecule has 0 heterocycles. The van der Waals surface area contributed by atoms with Crippen LogP contribution in [0.15, 0.2) is 71.6 Å². The van der Waals surface area contributed by atoms with Gasteiger partial charge in [0.15, 0.2) is 0 Å². The lowest BCUT2D eigenvalue weighted by Crippen LogP contribution is -2.41. The van der Waals surface area contributed by atoms with Gasteiger partial charge in [-0.05, 0) is 97.8 Å². The first-order chi connectivity index (χ1) is 16.8. The van der Waals surface area contributed by atoms with Crippen LogP contribution in [-0.2, 0) is 27.7 Å². The van der Waals surface area contributed by atoms with Crippen molar-refractivity contribution in [1.82, 2.24) is 5.32 Å². The lowest BCUT2D eigenvalue weighted by atomic mass is 9.89. The summed E-state index contributed by atoms with van der Waals surface area (Å²) >= 11 is 0. The lowest BCUT2D eigenvalue weighted by Gasteiger charge is -2.25. The predicted molar refractivity (Wildman–Crippen MR) is 134 cm³/mol. The highest BCUT2D eigenvalue weighted by Gasteiger charge is 2.28. The van der Waals surface area contributed by atoms with Gasteiger partial charge in [0.25, 0.3) is 10.0 Å². The number of fused-ring (bicyclic) bond motifs is 1. The van der Waals surface area contributed by atoms with E-state index in [9.17, 15) is 17.6 Å². The zero-order chi connectivity index (χ0) is 25.0. The second-order valence-corrected chi connectivity index (χ2v) is 10.6. The molecule has 0 spiro atoms. The summed E-state index contributed by atoms with van der Waals surface area (Å²) < 4.78 is 46.6. The fourth-order valence-corrected chi connectivity index (χ4v) is 5.74. The van der Waals surface area contributed by atoms with Crippen LogP contribution in [0, 0.1) is 5.82 Å². The molecule has 6 nitrogen and oxygen atoms in total.